The summed E-state index contributed by atoms with van der Waals surface area (Å²) < 4.78 is 0. The molecule has 4 saturated carbocycles. The molecular formula is C30H50O. The third kappa shape index (κ3) is 2.60. The smallest absolute Gasteiger partial charge is 0.0594 e. The average Bonchev–Trinajstić information content (AvgIpc) is 3.05. The summed E-state index contributed by atoms with van der Waals surface area (Å²) in [5, 5.41) is 10.8. The highest BCUT2D eigenvalue weighted by Gasteiger charge is 2.68. The molecule has 0 aliphatic heterocycles. The van der Waals surface area contributed by atoms with E-state index in [1.165, 1.54) is 51.4 Å². The second-order valence-electron chi connectivity index (χ2n) is 14.7. The molecule has 0 amide bonds. The van der Waals surface area contributed by atoms with E-state index in [2.05, 4.69) is 61.5 Å². The fourth-order valence-corrected chi connectivity index (χ4v) is 11.2. The number of aliphatic hydroxyl groups excluding tert-OH is 1. The first kappa shape index (κ1) is 22.5. The molecule has 0 radical (unpaired) electrons. The van der Waals surface area contributed by atoms with Crippen molar-refractivity contribution >= 4 is 0 Å². The molecule has 0 aromatic carbocycles. The fraction of sp³-hybridized carbons (Fsp3) is 0.933. The molecule has 5 aliphatic rings. The molecule has 5 aliphatic carbocycles. The van der Waals surface area contributed by atoms with E-state index in [1.54, 1.807) is 0 Å². The highest BCUT2D eigenvalue weighted by molar-refractivity contribution is 5.33. The van der Waals surface area contributed by atoms with Crippen molar-refractivity contribution in [3.05, 3.63) is 11.6 Å². The van der Waals surface area contributed by atoms with Crippen molar-refractivity contribution < 1.29 is 5.11 Å². The van der Waals surface area contributed by atoms with Crippen LogP contribution in [0.15, 0.2) is 11.6 Å². The Bertz CT molecular complexity index is 777. The van der Waals surface area contributed by atoms with Crippen LogP contribution in [0.3, 0.4) is 0 Å². The SMILES string of the molecule is CC(C)[C@H]1CC[C@@H]2[C@]1(C)CC[C@]1(C)C3=CCC4C(C)(C)[C@@H](O)CC[C@]4(C)[C@H]3CC[C@@]21C. The first-order valence-corrected chi connectivity index (χ1v) is 13.7. The molecule has 31 heavy (non-hydrogen) atoms. The number of aliphatic hydroxyl groups is 1. The minimum Gasteiger partial charge on any atom is -0.393 e. The number of hydrogen-bond acceptors (Lipinski definition) is 1. The van der Waals surface area contributed by atoms with Gasteiger partial charge in [0.05, 0.1) is 6.10 Å². The van der Waals surface area contributed by atoms with Crippen molar-refractivity contribution in [3.8, 4) is 0 Å². The van der Waals surface area contributed by atoms with E-state index in [0.717, 1.165) is 30.1 Å². The first-order chi connectivity index (χ1) is 14.3. The van der Waals surface area contributed by atoms with Crippen LogP contribution in [0.4, 0.5) is 0 Å². The first-order valence-electron chi connectivity index (χ1n) is 13.7. The molecule has 1 unspecified atom stereocenters. The molecule has 0 saturated heterocycles. The van der Waals surface area contributed by atoms with Crippen LogP contribution in [0.2, 0.25) is 0 Å². The molecule has 9 atom stereocenters. The Morgan fingerprint density at radius 2 is 1.52 bits per heavy atom. The lowest BCUT2D eigenvalue weighted by Gasteiger charge is -2.69. The molecule has 1 heteroatoms. The normalized spacial score (nSPS) is 55.7. The second-order valence-corrected chi connectivity index (χ2v) is 14.7. The zero-order valence-electron chi connectivity index (χ0n) is 21.9. The van der Waals surface area contributed by atoms with Gasteiger partial charge >= 0.3 is 0 Å². The largest absolute Gasteiger partial charge is 0.393 e. The van der Waals surface area contributed by atoms with Crippen LogP contribution in [0, 0.1) is 56.7 Å². The van der Waals surface area contributed by atoms with Crippen molar-refractivity contribution in [1.29, 1.82) is 0 Å². The van der Waals surface area contributed by atoms with E-state index in [0.29, 0.717) is 27.6 Å². The summed E-state index contributed by atoms with van der Waals surface area (Å²) in [4.78, 5) is 0. The minimum absolute atomic E-state index is 0.0394. The van der Waals surface area contributed by atoms with Gasteiger partial charge in [0.25, 0.3) is 0 Å². The van der Waals surface area contributed by atoms with Gasteiger partial charge in [-0.15, -0.1) is 0 Å². The summed E-state index contributed by atoms with van der Waals surface area (Å²) in [7, 11) is 0. The summed E-state index contributed by atoms with van der Waals surface area (Å²) in [6.07, 6.45) is 14.5. The average molecular weight is 427 g/mol. The lowest BCUT2D eigenvalue weighted by Crippen LogP contribution is -2.62. The van der Waals surface area contributed by atoms with E-state index in [9.17, 15) is 5.11 Å². The molecule has 0 heterocycles. The quantitative estimate of drug-likeness (QED) is 0.421. The van der Waals surface area contributed by atoms with Gasteiger partial charge in [0, 0.05) is 0 Å². The predicted molar refractivity (Wildman–Crippen MR) is 131 cm³/mol. The van der Waals surface area contributed by atoms with Gasteiger partial charge in [-0.25, -0.2) is 0 Å². The maximum atomic E-state index is 10.8. The molecule has 5 rings (SSSR count). The predicted octanol–water partition coefficient (Wildman–Crippen LogP) is 8.02. The zero-order chi connectivity index (χ0) is 22.6. The summed E-state index contributed by atoms with van der Waals surface area (Å²) in [5.41, 5.74) is 3.65. The molecule has 1 nitrogen and oxygen atoms in total. The van der Waals surface area contributed by atoms with Gasteiger partial charge < -0.3 is 5.11 Å². The van der Waals surface area contributed by atoms with E-state index in [-0.39, 0.29) is 11.5 Å². The van der Waals surface area contributed by atoms with Crippen molar-refractivity contribution in [3.63, 3.8) is 0 Å². The van der Waals surface area contributed by atoms with Gasteiger partial charge in [-0.1, -0.05) is 67.0 Å². The number of allylic oxidation sites excluding steroid dienone is 2. The summed E-state index contributed by atoms with van der Waals surface area (Å²) in [5.74, 6) is 3.99. The Morgan fingerprint density at radius 1 is 0.806 bits per heavy atom. The lowest BCUT2D eigenvalue weighted by atomic mass is 9.35. The Balaban J connectivity index is 1.55. The van der Waals surface area contributed by atoms with E-state index in [1.807, 2.05) is 5.57 Å². The Kier molecular flexibility index (Phi) is 4.82. The molecule has 4 fully saturated rings. The Labute approximate surface area is 192 Å². The van der Waals surface area contributed by atoms with Crippen LogP contribution >= 0.6 is 0 Å². The van der Waals surface area contributed by atoms with Gasteiger partial charge in [-0.2, -0.15) is 0 Å². The highest BCUT2D eigenvalue weighted by atomic mass is 16.3. The van der Waals surface area contributed by atoms with Crippen LogP contribution in [0.1, 0.15) is 113 Å². The summed E-state index contributed by atoms with van der Waals surface area (Å²) in [6.45, 7) is 20.4. The lowest BCUT2D eigenvalue weighted by molar-refractivity contribution is -0.159. The topological polar surface area (TPSA) is 20.2 Å². The molecule has 0 bridgehead atoms. The molecular weight excluding hydrogens is 376 g/mol. The number of fused-ring (bicyclic) bond motifs is 7. The van der Waals surface area contributed by atoms with Crippen molar-refractivity contribution in [1.82, 2.24) is 0 Å². The maximum absolute atomic E-state index is 10.8. The highest BCUT2D eigenvalue weighted by Crippen LogP contribution is 2.76. The number of hydrogen-bond donors (Lipinski definition) is 1. The molecule has 0 aromatic heterocycles. The molecule has 0 spiro atoms. The third-order valence-corrected chi connectivity index (χ3v) is 13.3. The van der Waals surface area contributed by atoms with E-state index < -0.39 is 0 Å². The van der Waals surface area contributed by atoms with Crippen LogP contribution in [0.25, 0.3) is 0 Å². The van der Waals surface area contributed by atoms with Gasteiger partial charge in [0.2, 0.25) is 0 Å². The summed E-state index contributed by atoms with van der Waals surface area (Å²) >= 11 is 0. The second kappa shape index (κ2) is 6.64. The Morgan fingerprint density at radius 3 is 2.19 bits per heavy atom. The molecule has 176 valence electrons. The monoisotopic (exact) mass is 426 g/mol. The standard InChI is InChI=1S/C30H50O/c1-19(2)20-9-12-24-28(20,6)17-18-29(7)22-10-11-23-26(3,4)25(31)14-15-27(23,5)21(22)13-16-30(24,29)8/h10,19-21,23-25,31H,9,11-18H2,1-8H3/t20-,21+,23?,24-,25+,27-,28-,29-,30+/m1/s1. The third-order valence-electron chi connectivity index (χ3n) is 13.3. The number of rotatable bonds is 1. The zero-order valence-corrected chi connectivity index (χ0v) is 21.9. The minimum atomic E-state index is -0.133. The fourth-order valence-electron chi connectivity index (χ4n) is 11.2. The van der Waals surface area contributed by atoms with Crippen LogP contribution in [-0.2, 0) is 0 Å². The van der Waals surface area contributed by atoms with Crippen molar-refractivity contribution in [2.45, 2.75) is 119 Å². The Hall–Kier alpha value is -0.300. The van der Waals surface area contributed by atoms with Gasteiger partial charge in [0.1, 0.15) is 0 Å². The van der Waals surface area contributed by atoms with Crippen molar-refractivity contribution in [2.75, 3.05) is 0 Å². The van der Waals surface area contributed by atoms with Gasteiger partial charge in [-0.05, 0) is 114 Å². The van der Waals surface area contributed by atoms with Crippen molar-refractivity contribution in [2.24, 2.45) is 56.7 Å². The molecule has 1 N–H and O–H groups in total. The van der Waals surface area contributed by atoms with Crippen LogP contribution < -0.4 is 0 Å². The maximum Gasteiger partial charge on any atom is 0.0594 e. The van der Waals surface area contributed by atoms with Gasteiger partial charge in [-0.3, -0.25) is 0 Å². The van der Waals surface area contributed by atoms with E-state index in [4.69, 9.17) is 0 Å². The van der Waals surface area contributed by atoms with Crippen LogP contribution in [0.5, 0.6) is 0 Å². The summed E-state index contributed by atoms with van der Waals surface area (Å²) in [6, 6.07) is 0. The van der Waals surface area contributed by atoms with Gasteiger partial charge in [0.15, 0.2) is 0 Å². The van der Waals surface area contributed by atoms with Crippen LogP contribution in [-0.4, -0.2) is 11.2 Å². The molecule has 0 aromatic rings. The van der Waals surface area contributed by atoms with E-state index >= 15 is 0 Å².